The largest absolute Gasteiger partial charge is 0.490 e. The molecule has 12 heteroatoms. The van der Waals surface area contributed by atoms with Crippen LogP contribution in [0.1, 0.15) is 28.4 Å². The van der Waals surface area contributed by atoms with E-state index in [9.17, 15) is 14.7 Å². The molecule has 0 unspecified atom stereocenters. The Balaban J connectivity index is 1.41. The van der Waals surface area contributed by atoms with Gasteiger partial charge in [0.05, 0.1) is 29.3 Å². The van der Waals surface area contributed by atoms with Crippen LogP contribution in [0.4, 0.5) is 0 Å². The molecule has 0 radical (unpaired) electrons. The number of rotatable bonds is 9. The molecule has 0 saturated heterocycles. The van der Waals surface area contributed by atoms with E-state index in [4.69, 9.17) is 42.1 Å². The van der Waals surface area contributed by atoms with E-state index in [1.165, 1.54) is 23.0 Å². The van der Waals surface area contributed by atoms with Crippen molar-refractivity contribution in [2.45, 2.75) is 13.5 Å². The van der Waals surface area contributed by atoms with Crippen LogP contribution < -0.4 is 15.0 Å². The standard InChI is InChI=1S/C33H22BrCl2N3O6/c1-2-43-26-15-21(28(34)29(36)30(26)44-17-18-6-5-7-19(12-18)33(41)42)16-37-39-31(38-24-9-4-3-8-23(24)32(39)40)27-14-20-13-22(35)10-11-25(20)45-27/h3-16H,2,17H2,1H3,(H,41,42). The van der Waals surface area contributed by atoms with E-state index < -0.39 is 11.5 Å². The van der Waals surface area contributed by atoms with Crippen LogP contribution in [0.2, 0.25) is 10.0 Å². The smallest absolute Gasteiger partial charge is 0.335 e. The fraction of sp³-hybridized carbons (Fsp3) is 0.0909. The van der Waals surface area contributed by atoms with Crippen molar-refractivity contribution in [2.75, 3.05) is 6.61 Å². The molecule has 0 atom stereocenters. The van der Waals surface area contributed by atoms with E-state index >= 15 is 0 Å². The fourth-order valence-corrected chi connectivity index (χ4v) is 5.51. The Hall–Kier alpha value is -4.64. The number of hydrogen-bond donors (Lipinski definition) is 1. The van der Waals surface area contributed by atoms with Gasteiger partial charge in [0, 0.05) is 20.4 Å². The van der Waals surface area contributed by atoms with Crippen molar-refractivity contribution in [1.82, 2.24) is 9.66 Å². The number of nitrogens with zero attached hydrogens (tertiary/aromatic N) is 3. The molecule has 2 heterocycles. The predicted octanol–water partition coefficient (Wildman–Crippen LogP) is 8.44. The van der Waals surface area contributed by atoms with E-state index in [2.05, 4.69) is 21.0 Å². The summed E-state index contributed by atoms with van der Waals surface area (Å²) >= 11 is 16.5. The average Bonchev–Trinajstić information content (AvgIpc) is 3.46. The lowest BCUT2D eigenvalue weighted by molar-refractivity contribution is 0.0696. The first kappa shape index (κ1) is 30.4. The number of furan rings is 1. The highest BCUT2D eigenvalue weighted by Gasteiger charge is 2.20. The van der Waals surface area contributed by atoms with Gasteiger partial charge in [0.25, 0.3) is 5.56 Å². The molecule has 45 heavy (non-hydrogen) atoms. The van der Waals surface area contributed by atoms with Gasteiger partial charge in [-0.15, -0.1) is 0 Å². The number of aromatic nitrogens is 2. The van der Waals surface area contributed by atoms with E-state index in [-0.39, 0.29) is 28.8 Å². The summed E-state index contributed by atoms with van der Waals surface area (Å²) in [6, 6.07) is 22.0. The fourth-order valence-electron chi connectivity index (χ4n) is 4.68. The van der Waals surface area contributed by atoms with Crippen LogP contribution in [-0.4, -0.2) is 33.6 Å². The highest BCUT2D eigenvalue weighted by molar-refractivity contribution is 9.10. The molecule has 2 aromatic heterocycles. The summed E-state index contributed by atoms with van der Waals surface area (Å²) in [6.07, 6.45) is 1.46. The molecule has 0 aliphatic heterocycles. The number of carboxylic acids is 1. The van der Waals surface area contributed by atoms with Crippen LogP contribution in [0.5, 0.6) is 11.5 Å². The van der Waals surface area contributed by atoms with E-state index in [1.807, 2.05) is 6.92 Å². The third-order valence-electron chi connectivity index (χ3n) is 6.78. The minimum Gasteiger partial charge on any atom is -0.490 e. The number of ether oxygens (including phenoxy) is 2. The Bertz CT molecular complexity index is 2190. The molecule has 4 aromatic carbocycles. The van der Waals surface area contributed by atoms with Crippen molar-refractivity contribution in [3.63, 3.8) is 0 Å². The minimum atomic E-state index is -1.04. The third kappa shape index (κ3) is 6.17. The molecule has 0 saturated carbocycles. The Labute approximate surface area is 274 Å². The van der Waals surface area contributed by atoms with Gasteiger partial charge >= 0.3 is 5.97 Å². The second-order valence-electron chi connectivity index (χ2n) is 9.76. The molecular formula is C33H22BrCl2N3O6. The maximum atomic E-state index is 13.7. The summed E-state index contributed by atoms with van der Waals surface area (Å²) in [7, 11) is 0. The molecule has 0 fully saturated rings. The van der Waals surface area contributed by atoms with Crippen LogP contribution in [-0.2, 0) is 6.61 Å². The number of carbonyl (C=O) groups is 1. The van der Waals surface area contributed by atoms with Gasteiger partial charge in [-0.3, -0.25) is 4.79 Å². The number of aromatic carboxylic acids is 1. The quantitative estimate of drug-likeness (QED) is 0.150. The number of benzene rings is 4. The summed E-state index contributed by atoms with van der Waals surface area (Å²) in [6.45, 7) is 2.18. The van der Waals surface area contributed by atoms with Crippen molar-refractivity contribution in [1.29, 1.82) is 0 Å². The molecule has 0 aliphatic carbocycles. The van der Waals surface area contributed by atoms with Crippen molar-refractivity contribution in [3.05, 3.63) is 120 Å². The highest BCUT2D eigenvalue weighted by Crippen LogP contribution is 2.43. The van der Waals surface area contributed by atoms with Crippen LogP contribution in [0, 0.1) is 0 Å². The number of hydrogen-bond acceptors (Lipinski definition) is 7. The first-order valence-corrected chi connectivity index (χ1v) is 15.1. The second kappa shape index (κ2) is 12.8. The lowest BCUT2D eigenvalue weighted by Gasteiger charge is -2.16. The summed E-state index contributed by atoms with van der Waals surface area (Å²) in [4.78, 5) is 29.8. The van der Waals surface area contributed by atoms with Gasteiger partial charge in [0.2, 0.25) is 5.82 Å². The maximum absolute atomic E-state index is 13.7. The first-order valence-electron chi connectivity index (χ1n) is 13.6. The molecule has 6 rings (SSSR count). The number of para-hydroxylation sites is 1. The zero-order chi connectivity index (χ0) is 31.7. The monoisotopic (exact) mass is 705 g/mol. The summed E-state index contributed by atoms with van der Waals surface area (Å²) in [5.74, 6) is 0.0763. The SMILES string of the molecule is CCOc1cc(C=Nn2c(-c3cc4cc(Cl)ccc4o3)nc3ccccc3c2=O)c(Br)c(Cl)c1OCc1cccc(C(=O)O)c1. The zero-order valence-electron chi connectivity index (χ0n) is 23.5. The summed E-state index contributed by atoms with van der Waals surface area (Å²) in [5.41, 5.74) is 1.93. The normalized spacial score (nSPS) is 11.5. The lowest BCUT2D eigenvalue weighted by Crippen LogP contribution is -2.20. The van der Waals surface area contributed by atoms with Gasteiger partial charge in [-0.25, -0.2) is 9.78 Å². The van der Waals surface area contributed by atoms with Crippen LogP contribution in [0.3, 0.4) is 0 Å². The van der Waals surface area contributed by atoms with E-state index in [0.717, 1.165) is 5.39 Å². The van der Waals surface area contributed by atoms with Gasteiger partial charge in [0.1, 0.15) is 17.2 Å². The summed E-state index contributed by atoms with van der Waals surface area (Å²) < 4.78 is 19.5. The van der Waals surface area contributed by atoms with Crippen molar-refractivity contribution < 1.29 is 23.8 Å². The van der Waals surface area contributed by atoms with Gasteiger partial charge < -0.3 is 19.0 Å². The molecule has 0 bridgehead atoms. The molecule has 0 aliphatic rings. The number of fused-ring (bicyclic) bond motifs is 2. The Morgan fingerprint density at radius 1 is 1.07 bits per heavy atom. The number of carboxylic acid groups (broad SMARTS) is 1. The number of halogens is 3. The third-order valence-corrected chi connectivity index (χ3v) is 8.46. The van der Waals surface area contributed by atoms with E-state index in [1.54, 1.807) is 66.7 Å². The van der Waals surface area contributed by atoms with Gasteiger partial charge in [-0.1, -0.05) is 47.5 Å². The molecule has 0 spiro atoms. The second-order valence-corrected chi connectivity index (χ2v) is 11.4. The summed E-state index contributed by atoms with van der Waals surface area (Å²) in [5, 5.41) is 15.7. The Kier molecular flexibility index (Phi) is 8.62. The van der Waals surface area contributed by atoms with Crippen LogP contribution in [0.25, 0.3) is 33.5 Å². The highest BCUT2D eigenvalue weighted by atomic mass is 79.9. The maximum Gasteiger partial charge on any atom is 0.335 e. The molecule has 0 amide bonds. The molecule has 226 valence electrons. The van der Waals surface area contributed by atoms with Crippen LogP contribution >= 0.6 is 39.1 Å². The van der Waals surface area contributed by atoms with Gasteiger partial charge in [-0.2, -0.15) is 9.78 Å². The topological polar surface area (TPSA) is 116 Å². The Morgan fingerprint density at radius 2 is 1.89 bits per heavy atom. The zero-order valence-corrected chi connectivity index (χ0v) is 26.6. The van der Waals surface area contributed by atoms with Gasteiger partial charge in [-0.05, 0) is 83.0 Å². The van der Waals surface area contributed by atoms with Crippen molar-refractivity contribution in [3.8, 4) is 23.1 Å². The van der Waals surface area contributed by atoms with Crippen LogP contribution in [0.15, 0.2) is 97.6 Å². The predicted molar refractivity (Wildman–Crippen MR) is 177 cm³/mol. The van der Waals surface area contributed by atoms with E-state index in [0.29, 0.717) is 55.2 Å². The lowest BCUT2D eigenvalue weighted by atomic mass is 10.1. The molecule has 9 nitrogen and oxygen atoms in total. The van der Waals surface area contributed by atoms with Gasteiger partial charge in [0.15, 0.2) is 17.3 Å². The first-order chi connectivity index (χ1) is 21.7. The molecular weight excluding hydrogens is 685 g/mol. The minimum absolute atomic E-state index is 0.0466. The van der Waals surface area contributed by atoms with Crippen molar-refractivity contribution >= 4 is 73.2 Å². The van der Waals surface area contributed by atoms with Crippen molar-refractivity contribution in [2.24, 2.45) is 5.10 Å². The molecule has 1 N–H and O–H groups in total. The molecule has 6 aromatic rings. The Morgan fingerprint density at radius 3 is 2.69 bits per heavy atom. The average molecular weight is 707 g/mol.